The molecule has 0 rings (SSSR count). The van der Waals surface area contributed by atoms with Gasteiger partial charge in [-0.15, -0.1) is 0 Å². The van der Waals surface area contributed by atoms with Crippen molar-refractivity contribution in [1.82, 2.24) is 26.6 Å². The van der Waals surface area contributed by atoms with Crippen molar-refractivity contribution in [2.24, 2.45) is 11.7 Å². The molecule has 0 aromatic rings. The average molecular weight is 709 g/mol. The highest BCUT2D eigenvalue weighted by atomic mass is 32.1. The van der Waals surface area contributed by atoms with E-state index in [0.29, 0.717) is 0 Å². The van der Waals surface area contributed by atoms with Gasteiger partial charge in [-0.1, -0.05) is 13.8 Å². The molecule has 12 N–H and O–H groups in total. The maximum atomic E-state index is 13.1. The van der Waals surface area contributed by atoms with Crippen molar-refractivity contribution in [1.29, 1.82) is 0 Å². The molecule has 0 aliphatic rings. The fraction of sp³-hybridized carbons (Fsp3) is 0.615. The molecule has 48 heavy (non-hydrogen) atoms. The molecule has 5 amide bonds. The Morgan fingerprint density at radius 2 is 0.896 bits per heavy atom. The number of nitrogens with two attached hydrogens (primary N) is 1. The largest absolute Gasteiger partial charge is 0.481 e. The van der Waals surface area contributed by atoms with Gasteiger partial charge >= 0.3 is 29.8 Å². The van der Waals surface area contributed by atoms with Gasteiger partial charge in [0.05, 0.1) is 25.3 Å². The third-order valence-corrected chi connectivity index (χ3v) is 6.54. The molecule has 0 unspecified atom stereocenters. The number of carboxylic acids is 5. The number of carboxylic acid groups (broad SMARTS) is 5. The molecule has 0 spiro atoms. The summed E-state index contributed by atoms with van der Waals surface area (Å²) in [5.41, 5.74) is 5.70. The lowest BCUT2D eigenvalue weighted by atomic mass is 10.0. The van der Waals surface area contributed by atoms with Crippen LogP contribution in [0, 0.1) is 5.92 Å². The average Bonchev–Trinajstić information content (AvgIpc) is 2.95. The maximum absolute atomic E-state index is 13.1. The lowest BCUT2D eigenvalue weighted by molar-refractivity contribution is -0.148. The van der Waals surface area contributed by atoms with Crippen molar-refractivity contribution in [2.75, 3.05) is 5.75 Å². The molecule has 0 aromatic carbocycles. The van der Waals surface area contributed by atoms with E-state index in [1.54, 1.807) is 19.2 Å². The van der Waals surface area contributed by atoms with Crippen molar-refractivity contribution in [2.45, 2.75) is 88.6 Å². The summed E-state index contributed by atoms with van der Waals surface area (Å²) in [4.78, 5) is 120. The van der Waals surface area contributed by atoms with Gasteiger partial charge in [0.2, 0.25) is 29.5 Å². The highest BCUT2D eigenvalue weighted by Gasteiger charge is 2.34. The molecular formula is C26H40N6O15S. The van der Waals surface area contributed by atoms with E-state index in [1.807, 2.05) is 10.6 Å². The van der Waals surface area contributed by atoms with Crippen LogP contribution in [0.25, 0.3) is 0 Å². The third kappa shape index (κ3) is 17.1. The number of carbonyl (C=O) groups is 10. The van der Waals surface area contributed by atoms with Crippen LogP contribution in [-0.2, 0) is 47.9 Å². The highest BCUT2D eigenvalue weighted by Crippen LogP contribution is 2.08. The smallest absolute Gasteiger partial charge is 0.326 e. The molecule has 0 radical (unpaired) electrons. The van der Waals surface area contributed by atoms with E-state index in [0.717, 1.165) is 0 Å². The van der Waals surface area contributed by atoms with E-state index in [4.69, 9.17) is 21.1 Å². The second-order valence-corrected chi connectivity index (χ2v) is 11.2. The number of hydrogen-bond donors (Lipinski definition) is 12. The van der Waals surface area contributed by atoms with Gasteiger partial charge in [-0.2, -0.15) is 12.6 Å². The van der Waals surface area contributed by atoms with E-state index in [1.165, 1.54) is 0 Å². The van der Waals surface area contributed by atoms with Crippen molar-refractivity contribution >= 4 is 72.0 Å². The van der Waals surface area contributed by atoms with Crippen LogP contribution in [0.3, 0.4) is 0 Å². The lowest BCUT2D eigenvalue weighted by Gasteiger charge is -2.26. The number of amides is 5. The predicted molar refractivity (Wildman–Crippen MR) is 162 cm³/mol. The van der Waals surface area contributed by atoms with Crippen LogP contribution in [0.5, 0.6) is 0 Å². The van der Waals surface area contributed by atoms with Crippen molar-refractivity contribution < 1.29 is 73.5 Å². The summed E-state index contributed by atoms with van der Waals surface area (Å²) in [6, 6.07) is -10.2. The molecule has 0 saturated heterocycles. The van der Waals surface area contributed by atoms with Crippen LogP contribution in [0.1, 0.15) is 52.4 Å². The molecule has 22 heteroatoms. The normalized spacial score (nSPS) is 14.5. The number of carbonyl (C=O) groups excluding carboxylic acids is 5. The molecule has 0 aliphatic carbocycles. The summed E-state index contributed by atoms with van der Waals surface area (Å²) in [7, 11) is 0. The molecule has 0 aliphatic heterocycles. The van der Waals surface area contributed by atoms with E-state index >= 15 is 0 Å². The Morgan fingerprint density at radius 3 is 1.27 bits per heavy atom. The summed E-state index contributed by atoms with van der Waals surface area (Å²) in [6.07, 6.45) is -4.01. The molecule has 0 fully saturated rings. The predicted octanol–water partition coefficient (Wildman–Crippen LogP) is -3.91. The Balaban J connectivity index is 5.92. The van der Waals surface area contributed by atoms with Crippen LogP contribution in [0.15, 0.2) is 0 Å². The SMILES string of the molecule is CC(C)C[C@H](NC(=O)[C@@H](N)CCC(=O)O)C(=O)N[C@@H](CS)C(=O)N[C@@H](CC(=O)O)C(=O)N[C@@H](CC(=O)O)C(=O)N[C@@H](CC(=O)O)C(=O)O. The van der Waals surface area contributed by atoms with Gasteiger partial charge in [0.25, 0.3) is 0 Å². The second-order valence-electron chi connectivity index (χ2n) is 10.8. The molecular weight excluding hydrogens is 668 g/mol. The Labute approximate surface area is 278 Å². The quantitative estimate of drug-likeness (QED) is 0.0451. The van der Waals surface area contributed by atoms with Gasteiger partial charge in [0.15, 0.2) is 0 Å². The van der Waals surface area contributed by atoms with E-state index in [-0.39, 0.29) is 18.8 Å². The summed E-state index contributed by atoms with van der Waals surface area (Å²) >= 11 is 3.99. The van der Waals surface area contributed by atoms with Crippen LogP contribution in [0.2, 0.25) is 0 Å². The molecule has 21 nitrogen and oxygen atoms in total. The number of aliphatic carboxylic acids is 5. The van der Waals surface area contributed by atoms with Crippen molar-refractivity contribution in [3.8, 4) is 0 Å². The number of thiol groups is 1. The van der Waals surface area contributed by atoms with Gasteiger partial charge in [-0.25, -0.2) is 4.79 Å². The van der Waals surface area contributed by atoms with E-state index in [9.17, 15) is 58.2 Å². The first kappa shape index (κ1) is 43.0. The van der Waals surface area contributed by atoms with Crippen LogP contribution in [-0.4, -0.2) is 127 Å². The first-order chi connectivity index (χ1) is 22.2. The zero-order valence-electron chi connectivity index (χ0n) is 25.8. The highest BCUT2D eigenvalue weighted by molar-refractivity contribution is 7.80. The Kier molecular flexibility index (Phi) is 18.8. The number of hydrogen-bond acceptors (Lipinski definition) is 12. The Morgan fingerprint density at radius 1 is 0.542 bits per heavy atom. The molecule has 0 heterocycles. The van der Waals surface area contributed by atoms with Gasteiger partial charge in [-0.05, 0) is 18.8 Å². The van der Waals surface area contributed by atoms with Crippen LogP contribution >= 0.6 is 12.6 Å². The first-order valence-corrected chi connectivity index (χ1v) is 14.8. The number of nitrogens with one attached hydrogen (secondary N) is 5. The zero-order chi connectivity index (χ0) is 37.3. The molecule has 0 bridgehead atoms. The minimum atomic E-state index is -2.05. The third-order valence-electron chi connectivity index (χ3n) is 6.18. The topological polar surface area (TPSA) is 358 Å². The molecule has 6 atom stereocenters. The van der Waals surface area contributed by atoms with Crippen LogP contribution < -0.4 is 32.3 Å². The second kappa shape index (κ2) is 21.0. The summed E-state index contributed by atoms with van der Waals surface area (Å²) in [6.45, 7) is 3.42. The fourth-order valence-electron chi connectivity index (χ4n) is 3.82. The van der Waals surface area contributed by atoms with Crippen LogP contribution in [0.4, 0.5) is 0 Å². The van der Waals surface area contributed by atoms with E-state index < -0.39 is 127 Å². The Hall–Kier alpha value is -4.99. The van der Waals surface area contributed by atoms with Crippen molar-refractivity contribution in [3.05, 3.63) is 0 Å². The first-order valence-electron chi connectivity index (χ1n) is 14.2. The summed E-state index contributed by atoms with van der Waals surface area (Å²) in [5, 5.41) is 55.7. The van der Waals surface area contributed by atoms with Gasteiger partial charge in [-0.3, -0.25) is 43.2 Å². The molecule has 0 saturated carbocycles. The zero-order valence-corrected chi connectivity index (χ0v) is 26.7. The lowest BCUT2D eigenvalue weighted by Crippen LogP contribution is -2.60. The Bertz CT molecular complexity index is 1250. The van der Waals surface area contributed by atoms with Gasteiger partial charge in [0, 0.05) is 12.2 Å². The summed E-state index contributed by atoms with van der Waals surface area (Å²) < 4.78 is 0. The standard InChI is InChI=1S/C26H40N6O15S/c1-10(2)5-12(28-21(41)11(27)3-4-17(33)34)22(42)32-16(9-48)25(45)30-13(6-18(35)36)23(43)29-14(7-19(37)38)24(44)31-15(26(46)47)8-20(39)40/h10-16,48H,3-9,27H2,1-2H3,(H,28,41)(H,29,43)(H,30,45)(H,31,44)(H,32,42)(H,33,34)(H,35,36)(H,37,38)(H,39,40)(H,46,47)/t11-,12-,13-,14-,15-,16-/m0/s1. The minimum Gasteiger partial charge on any atom is -0.481 e. The summed E-state index contributed by atoms with van der Waals surface area (Å²) in [5.74, 6) is -14.3. The molecule has 0 aromatic heterocycles. The monoisotopic (exact) mass is 708 g/mol. The van der Waals surface area contributed by atoms with Gasteiger partial charge < -0.3 is 57.9 Å². The van der Waals surface area contributed by atoms with Crippen molar-refractivity contribution in [3.63, 3.8) is 0 Å². The number of rotatable bonds is 23. The maximum Gasteiger partial charge on any atom is 0.326 e. The fourth-order valence-corrected chi connectivity index (χ4v) is 4.07. The molecule has 270 valence electrons. The van der Waals surface area contributed by atoms with Gasteiger partial charge in [0.1, 0.15) is 30.2 Å². The minimum absolute atomic E-state index is 0.0381. The van der Waals surface area contributed by atoms with E-state index in [2.05, 4.69) is 23.3 Å².